The maximum Gasteiger partial charge on any atom is 0.138 e. The van der Waals surface area contributed by atoms with Gasteiger partial charge in [0.25, 0.3) is 0 Å². The minimum atomic E-state index is 0.206. The lowest BCUT2D eigenvalue weighted by molar-refractivity contribution is 0.241. The summed E-state index contributed by atoms with van der Waals surface area (Å²) in [5.41, 5.74) is 1.35. The number of hydrogen-bond donors (Lipinski definition) is 1. The normalized spacial score (nSPS) is 22.4. The van der Waals surface area contributed by atoms with Gasteiger partial charge < -0.3 is 10.1 Å². The molecule has 1 fully saturated rings. The van der Waals surface area contributed by atoms with Crippen LogP contribution in [0, 0.1) is 5.92 Å². The topological polar surface area (TPSA) is 34.2 Å². The van der Waals surface area contributed by atoms with Crippen molar-refractivity contribution in [2.24, 2.45) is 5.92 Å². The third-order valence-electron chi connectivity index (χ3n) is 4.03. The second-order valence-electron chi connectivity index (χ2n) is 6.12. The number of nitrogens with one attached hydrogen (secondary N) is 1. The molecule has 2 unspecified atom stereocenters. The Hall–Kier alpha value is -1.09. The highest BCUT2D eigenvalue weighted by Gasteiger charge is 2.28. The first-order valence-electron chi connectivity index (χ1n) is 8.03. The number of hydrogen-bond acceptors (Lipinski definition) is 3. The summed E-state index contributed by atoms with van der Waals surface area (Å²) in [4.78, 5) is 4.37. The molecule has 1 aliphatic carbocycles. The lowest BCUT2D eigenvalue weighted by Crippen LogP contribution is -2.25. The van der Waals surface area contributed by atoms with E-state index in [1.807, 2.05) is 12.4 Å². The Bertz CT molecular complexity index is 406. The second kappa shape index (κ2) is 7.63. The van der Waals surface area contributed by atoms with E-state index in [4.69, 9.17) is 4.74 Å². The molecular weight excluding hydrogens is 248 g/mol. The van der Waals surface area contributed by atoms with E-state index in [-0.39, 0.29) is 6.10 Å². The van der Waals surface area contributed by atoms with E-state index in [9.17, 15) is 0 Å². The van der Waals surface area contributed by atoms with Crippen LogP contribution in [0.1, 0.15) is 57.9 Å². The van der Waals surface area contributed by atoms with Gasteiger partial charge in [0.05, 0.1) is 12.3 Å². The SMILES string of the molecule is CCCNCC1CCCC1c1cncc(OC(C)C)c1. The molecule has 0 radical (unpaired) electrons. The molecule has 0 amide bonds. The summed E-state index contributed by atoms with van der Waals surface area (Å²) < 4.78 is 5.77. The molecule has 0 saturated heterocycles. The van der Waals surface area contributed by atoms with Gasteiger partial charge in [-0.25, -0.2) is 0 Å². The molecule has 0 spiro atoms. The minimum Gasteiger partial charge on any atom is -0.489 e. The highest BCUT2D eigenvalue weighted by molar-refractivity contribution is 5.27. The standard InChI is InChI=1S/C17H28N2O/c1-4-8-18-10-14-6-5-7-17(14)15-9-16(12-19-11-15)20-13(2)3/h9,11-14,17-18H,4-8,10H2,1-3H3. The van der Waals surface area contributed by atoms with Crippen molar-refractivity contribution in [3.05, 3.63) is 24.0 Å². The third-order valence-corrected chi connectivity index (χ3v) is 4.03. The monoisotopic (exact) mass is 276 g/mol. The summed E-state index contributed by atoms with van der Waals surface area (Å²) >= 11 is 0. The second-order valence-corrected chi connectivity index (χ2v) is 6.12. The molecule has 1 saturated carbocycles. The average Bonchev–Trinajstić information content (AvgIpc) is 2.87. The molecule has 20 heavy (non-hydrogen) atoms. The van der Waals surface area contributed by atoms with Gasteiger partial charge in [0, 0.05) is 6.20 Å². The highest BCUT2D eigenvalue weighted by Crippen LogP contribution is 2.39. The number of aromatic nitrogens is 1. The van der Waals surface area contributed by atoms with Crippen LogP contribution >= 0.6 is 0 Å². The van der Waals surface area contributed by atoms with E-state index in [0.717, 1.165) is 24.8 Å². The molecular formula is C17H28N2O. The van der Waals surface area contributed by atoms with Crippen molar-refractivity contribution in [3.8, 4) is 5.75 Å². The van der Waals surface area contributed by atoms with Crippen molar-refractivity contribution < 1.29 is 4.74 Å². The predicted octanol–water partition coefficient (Wildman–Crippen LogP) is 3.75. The average molecular weight is 276 g/mol. The summed E-state index contributed by atoms with van der Waals surface area (Å²) in [6.07, 6.45) is 9.20. The van der Waals surface area contributed by atoms with Gasteiger partial charge >= 0.3 is 0 Å². The van der Waals surface area contributed by atoms with Crippen LogP contribution in [0.4, 0.5) is 0 Å². The molecule has 0 aliphatic heterocycles. The van der Waals surface area contributed by atoms with Gasteiger partial charge in [-0.3, -0.25) is 4.98 Å². The number of rotatable bonds is 7. The molecule has 1 aromatic heterocycles. The van der Waals surface area contributed by atoms with Crippen molar-refractivity contribution in [1.82, 2.24) is 10.3 Å². The molecule has 3 heteroatoms. The Balaban J connectivity index is 2.01. The first-order chi connectivity index (χ1) is 9.70. The van der Waals surface area contributed by atoms with Crippen LogP contribution in [-0.4, -0.2) is 24.2 Å². The van der Waals surface area contributed by atoms with Gasteiger partial charge in [0.2, 0.25) is 0 Å². The molecule has 112 valence electrons. The minimum absolute atomic E-state index is 0.206. The highest BCUT2D eigenvalue weighted by atomic mass is 16.5. The van der Waals surface area contributed by atoms with Crippen molar-refractivity contribution in [2.45, 2.75) is 58.5 Å². The van der Waals surface area contributed by atoms with E-state index in [2.05, 4.69) is 37.1 Å². The van der Waals surface area contributed by atoms with E-state index in [1.54, 1.807) is 0 Å². The van der Waals surface area contributed by atoms with Crippen LogP contribution in [-0.2, 0) is 0 Å². The van der Waals surface area contributed by atoms with Gasteiger partial charge in [0.15, 0.2) is 0 Å². The third kappa shape index (κ3) is 4.20. The Morgan fingerprint density at radius 3 is 2.95 bits per heavy atom. The molecule has 3 nitrogen and oxygen atoms in total. The molecule has 1 aliphatic rings. The van der Waals surface area contributed by atoms with Gasteiger partial charge in [-0.15, -0.1) is 0 Å². The van der Waals surface area contributed by atoms with Gasteiger partial charge in [-0.1, -0.05) is 13.3 Å². The molecule has 2 rings (SSSR count). The molecule has 2 atom stereocenters. The Morgan fingerprint density at radius 1 is 1.35 bits per heavy atom. The summed E-state index contributed by atoms with van der Waals surface area (Å²) in [6, 6.07) is 2.19. The fraction of sp³-hybridized carbons (Fsp3) is 0.706. The smallest absolute Gasteiger partial charge is 0.138 e. The maximum atomic E-state index is 5.77. The number of nitrogens with zero attached hydrogens (tertiary/aromatic N) is 1. The summed E-state index contributed by atoms with van der Waals surface area (Å²) in [5.74, 6) is 2.30. The predicted molar refractivity (Wildman–Crippen MR) is 83.2 cm³/mol. The largest absolute Gasteiger partial charge is 0.489 e. The van der Waals surface area contributed by atoms with Crippen molar-refractivity contribution in [1.29, 1.82) is 0 Å². The lowest BCUT2D eigenvalue weighted by atomic mass is 9.90. The van der Waals surface area contributed by atoms with Crippen LogP contribution in [0.3, 0.4) is 0 Å². The van der Waals surface area contributed by atoms with E-state index < -0.39 is 0 Å². The van der Waals surface area contributed by atoms with Crippen LogP contribution in [0.2, 0.25) is 0 Å². The molecule has 1 heterocycles. The van der Waals surface area contributed by atoms with E-state index >= 15 is 0 Å². The maximum absolute atomic E-state index is 5.77. The van der Waals surface area contributed by atoms with Crippen LogP contribution < -0.4 is 10.1 Å². The summed E-state index contributed by atoms with van der Waals surface area (Å²) in [6.45, 7) is 8.58. The molecule has 1 N–H and O–H groups in total. The fourth-order valence-corrected chi connectivity index (χ4v) is 3.16. The van der Waals surface area contributed by atoms with Crippen LogP contribution in [0.25, 0.3) is 0 Å². The van der Waals surface area contributed by atoms with E-state index in [1.165, 1.54) is 31.2 Å². The fourth-order valence-electron chi connectivity index (χ4n) is 3.16. The Morgan fingerprint density at radius 2 is 2.20 bits per heavy atom. The van der Waals surface area contributed by atoms with Crippen molar-refractivity contribution in [2.75, 3.05) is 13.1 Å². The first kappa shape index (κ1) is 15.3. The van der Waals surface area contributed by atoms with Crippen molar-refractivity contribution >= 4 is 0 Å². The lowest BCUT2D eigenvalue weighted by Gasteiger charge is -2.21. The van der Waals surface area contributed by atoms with Crippen LogP contribution in [0.5, 0.6) is 5.75 Å². The van der Waals surface area contributed by atoms with Gasteiger partial charge in [-0.05, 0) is 69.7 Å². The number of pyridine rings is 1. The van der Waals surface area contributed by atoms with Gasteiger partial charge in [-0.2, -0.15) is 0 Å². The van der Waals surface area contributed by atoms with Crippen molar-refractivity contribution in [3.63, 3.8) is 0 Å². The zero-order valence-electron chi connectivity index (χ0n) is 13.1. The van der Waals surface area contributed by atoms with Gasteiger partial charge in [0.1, 0.15) is 5.75 Å². The number of ether oxygens (including phenoxy) is 1. The molecule has 0 aromatic carbocycles. The zero-order valence-corrected chi connectivity index (χ0v) is 13.1. The first-order valence-corrected chi connectivity index (χ1v) is 8.03. The van der Waals surface area contributed by atoms with E-state index in [0.29, 0.717) is 5.92 Å². The zero-order chi connectivity index (χ0) is 14.4. The summed E-state index contributed by atoms with van der Waals surface area (Å²) in [7, 11) is 0. The molecule has 1 aromatic rings. The Labute approximate surface area is 123 Å². The summed E-state index contributed by atoms with van der Waals surface area (Å²) in [5, 5.41) is 3.57. The Kier molecular flexibility index (Phi) is 5.84. The molecule has 0 bridgehead atoms. The van der Waals surface area contributed by atoms with Crippen LogP contribution in [0.15, 0.2) is 18.5 Å². The quantitative estimate of drug-likeness (QED) is 0.770.